The van der Waals surface area contributed by atoms with E-state index < -0.39 is 67.9 Å². The molecule has 2 unspecified atom stereocenters. The molecule has 0 spiro atoms. The average Bonchev–Trinajstić information content (AvgIpc) is 3.32. The van der Waals surface area contributed by atoms with Crippen LogP contribution < -0.4 is 0 Å². The van der Waals surface area contributed by atoms with Crippen molar-refractivity contribution in [1.29, 1.82) is 0 Å². The predicted octanol–water partition coefficient (Wildman–Crippen LogP) is 6.89. The van der Waals surface area contributed by atoms with Gasteiger partial charge in [-0.05, 0) is 79.7 Å². The van der Waals surface area contributed by atoms with Gasteiger partial charge >= 0.3 is 24.0 Å². The maximum absolute atomic E-state index is 15.1. The number of nitrogens with zero attached hydrogens (tertiary/aromatic N) is 1. The Morgan fingerprint density at radius 2 is 1.46 bits per heavy atom. The first-order valence-corrected chi connectivity index (χ1v) is 16.6. The number of amides is 1. The SMILES string of the molecule is CCc1ccc(S(=O)(=O)C23c4ccc(C(F)(C(F)(F)F)C(F)(F)F)cc4CCC2N(C(=O)C2CCC(C(=O)O)CC2)C[C@H]3C)cc1. The van der Waals surface area contributed by atoms with Crippen molar-refractivity contribution in [2.75, 3.05) is 6.54 Å². The summed E-state index contributed by atoms with van der Waals surface area (Å²) in [5.74, 6) is -3.36. The average molecular weight is 678 g/mol. The number of fused-ring (bicyclic) bond motifs is 3. The highest BCUT2D eigenvalue weighted by molar-refractivity contribution is 7.92. The normalized spacial score (nSPS) is 27.2. The summed E-state index contributed by atoms with van der Waals surface area (Å²) in [6, 6.07) is 6.65. The molecule has 1 heterocycles. The molecule has 2 aliphatic carbocycles. The smallest absolute Gasteiger partial charge is 0.435 e. The molecule has 2 aromatic rings. The summed E-state index contributed by atoms with van der Waals surface area (Å²) in [7, 11) is -4.48. The molecule has 1 aliphatic heterocycles. The third kappa shape index (κ3) is 5.00. The molecule has 6 nitrogen and oxygen atoms in total. The van der Waals surface area contributed by atoms with Gasteiger partial charge in [-0.15, -0.1) is 0 Å². The molecule has 0 radical (unpaired) electrons. The van der Waals surface area contributed by atoms with Crippen LogP contribution in [0.4, 0.5) is 30.7 Å². The first-order chi connectivity index (χ1) is 21.3. The lowest BCUT2D eigenvalue weighted by Crippen LogP contribution is -2.55. The van der Waals surface area contributed by atoms with Crippen molar-refractivity contribution in [3.8, 4) is 0 Å². The van der Waals surface area contributed by atoms with Crippen molar-refractivity contribution < 1.29 is 53.8 Å². The highest BCUT2D eigenvalue weighted by atomic mass is 32.2. The fraction of sp³-hybridized carbons (Fsp3) is 0.562. The van der Waals surface area contributed by atoms with Gasteiger partial charge in [-0.1, -0.05) is 44.2 Å². The second-order valence-electron chi connectivity index (χ2n) is 12.7. The van der Waals surface area contributed by atoms with E-state index in [4.69, 9.17) is 0 Å². The maximum atomic E-state index is 15.1. The number of sulfone groups is 1. The van der Waals surface area contributed by atoms with Crippen LogP contribution in [0.1, 0.15) is 68.2 Å². The summed E-state index contributed by atoms with van der Waals surface area (Å²) in [6.45, 7) is 3.38. The zero-order valence-electron chi connectivity index (χ0n) is 25.1. The van der Waals surface area contributed by atoms with E-state index in [9.17, 15) is 49.5 Å². The molecule has 3 atom stereocenters. The van der Waals surface area contributed by atoms with Crippen molar-refractivity contribution in [3.05, 3.63) is 64.7 Å². The Kier molecular flexibility index (Phi) is 8.56. The molecule has 1 saturated carbocycles. The zero-order chi connectivity index (χ0) is 34.0. The number of halogens is 7. The number of hydrogen-bond acceptors (Lipinski definition) is 4. The van der Waals surface area contributed by atoms with Crippen molar-refractivity contribution >= 4 is 21.7 Å². The van der Waals surface area contributed by atoms with Crippen LogP contribution in [0.25, 0.3) is 0 Å². The van der Waals surface area contributed by atoms with Crippen molar-refractivity contribution in [2.24, 2.45) is 17.8 Å². The van der Waals surface area contributed by atoms with Gasteiger partial charge in [0.1, 0.15) is 4.75 Å². The molecule has 2 fully saturated rings. The van der Waals surface area contributed by atoms with Crippen LogP contribution >= 0.6 is 0 Å². The molecule has 0 bridgehead atoms. The molecule has 46 heavy (non-hydrogen) atoms. The van der Waals surface area contributed by atoms with Gasteiger partial charge in [-0.25, -0.2) is 12.8 Å². The number of carboxylic acids is 1. The summed E-state index contributed by atoms with van der Waals surface area (Å²) in [4.78, 5) is 26.7. The van der Waals surface area contributed by atoms with Gasteiger partial charge in [-0.3, -0.25) is 9.59 Å². The molecular weight excluding hydrogens is 643 g/mol. The Balaban J connectivity index is 1.66. The van der Waals surface area contributed by atoms with Crippen LogP contribution in [0.2, 0.25) is 0 Å². The number of rotatable bonds is 6. The Labute approximate surface area is 261 Å². The lowest BCUT2D eigenvalue weighted by Gasteiger charge is -2.45. The number of hydrogen-bond donors (Lipinski definition) is 1. The number of alkyl halides is 7. The van der Waals surface area contributed by atoms with Crippen LogP contribution in [0.3, 0.4) is 0 Å². The summed E-state index contributed by atoms with van der Waals surface area (Å²) < 4.78 is 125. The molecule has 252 valence electrons. The Morgan fingerprint density at radius 3 is 1.98 bits per heavy atom. The molecule has 0 aromatic heterocycles. The second-order valence-corrected chi connectivity index (χ2v) is 14.8. The van der Waals surface area contributed by atoms with Gasteiger partial charge in [0, 0.05) is 18.0 Å². The van der Waals surface area contributed by atoms with Gasteiger partial charge in [0.25, 0.3) is 0 Å². The molecule has 2 aromatic carbocycles. The zero-order valence-corrected chi connectivity index (χ0v) is 25.9. The van der Waals surface area contributed by atoms with Crippen molar-refractivity contribution in [1.82, 2.24) is 4.90 Å². The predicted molar refractivity (Wildman–Crippen MR) is 152 cm³/mol. The van der Waals surface area contributed by atoms with E-state index in [1.165, 1.54) is 17.0 Å². The van der Waals surface area contributed by atoms with E-state index >= 15 is 4.39 Å². The molecule has 1 N–H and O–H groups in total. The van der Waals surface area contributed by atoms with Crippen LogP contribution in [0.5, 0.6) is 0 Å². The Morgan fingerprint density at radius 1 is 0.891 bits per heavy atom. The number of benzene rings is 2. The number of aryl methyl sites for hydroxylation is 2. The van der Waals surface area contributed by atoms with E-state index in [2.05, 4.69) is 0 Å². The summed E-state index contributed by atoms with van der Waals surface area (Å²) in [6.07, 6.45) is -11.3. The minimum atomic E-state index is -6.34. The maximum Gasteiger partial charge on any atom is 0.435 e. The van der Waals surface area contributed by atoms with Gasteiger partial charge in [0.2, 0.25) is 5.91 Å². The summed E-state index contributed by atoms with van der Waals surface area (Å²) in [5.41, 5.74) is -6.78. The fourth-order valence-corrected chi connectivity index (χ4v) is 10.4. The summed E-state index contributed by atoms with van der Waals surface area (Å²) >= 11 is 0. The Hall–Kier alpha value is -3.16. The van der Waals surface area contributed by atoms with Crippen LogP contribution in [-0.2, 0) is 42.7 Å². The number of carbonyl (C=O) groups excluding carboxylic acids is 1. The third-order valence-electron chi connectivity index (χ3n) is 10.3. The van der Waals surface area contributed by atoms with Crippen molar-refractivity contribution in [2.45, 2.75) is 92.5 Å². The first-order valence-electron chi connectivity index (χ1n) is 15.1. The molecule has 1 saturated heterocycles. The quantitative estimate of drug-likeness (QED) is 0.337. The minimum absolute atomic E-state index is 0.0591. The standard InChI is InChI=1S/C32H34F7NO5S/c1-3-19-4-12-24(13-5-19)46(44,45)29-18(2)17-40(27(41)20-6-8-21(9-7-20)28(42)43)26(29)15-10-22-16-23(11-14-25(22)29)30(33,31(34,35)36)32(37,38)39/h4-5,11-14,16,18,20-21,26H,3,6-10,15,17H2,1-2H3,(H,42,43)/t18-,20?,21?,26?,29?/m1/s1. The van der Waals surface area contributed by atoms with E-state index in [0.29, 0.717) is 18.6 Å². The highest BCUT2D eigenvalue weighted by Gasteiger charge is 2.74. The number of aliphatic carboxylic acids is 1. The van der Waals surface area contributed by atoms with Crippen LogP contribution in [-0.4, -0.2) is 55.2 Å². The van der Waals surface area contributed by atoms with Gasteiger partial charge in [-0.2, -0.15) is 26.3 Å². The number of carboxylic acid groups (broad SMARTS) is 1. The molecule has 3 aliphatic rings. The molecular formula is C32H34F7NO5S. The highest BCUT2D eigenvalue weighted by Crippen LogP contribution is 2.58. The molecule has 1 amide bonds. The first kappa shape index (κ1) is 34.2. The number of likely N-dealkylation sites (tertiary alicyclic amines) is 1. The second kappa shape index (κ2) is 11.5. The fourth-order valence-electron chi connectivity index (χ4n) is 7.86. The lowest BCUT2D eigenvalue weighted by molar-refractivity contribution is -0.348. The molecule has 5 rings (SSSR count). The number of carbonyl (C=O) groups is 2. The van der Waals surface area contributed by atoms with Gasteiger partial charge in [0.05, 0.1) is 16.9 Å². The Bertz CT molecular complexity index is 1600. The monoisotopic (exact) mass is 677 g/mol. The largest absolute Gasteiger partial charge is 0.481 e. The van der Waals surface area contributed by atoms with Crippen molar-refractivity contribution in [3.63, 3.8) is 0 Å². The van der Waals surface area contributed by atoms with E-state index in [1.807, 2.05) is 6.92 Å². The molecule has 14 heteroatoms. The summed E-state index contributed by atoms with van der Waals surface area (Å²) in [5, 5.41) is 9.37. The van der Waals surface area contributed by atoms with E-state index in [1.54, 1.807) is 19.1 Å². The van der Waals surface area contributed by atoms with E-state index in [-0.39, 0.29) is 67.0 Å². The third-order valence-corrected chi connectivity index (χ3v) is 12.9. The van der Waals surface area contributed by atoms with Crippen LogP contribution in [0, 0.1) is 17.8 Å². The minimum Gasteiger partial charge on any atom is -0.481 e. The van der Waals surface area contributed by atoms with Crippen LogP contribution in [0.15, 0.2) is 47.4 Å². The lowest BCUT2D eigenvalue weighted by atomic mass is 9.73. The van der Waals surface area contributed by atoms with Gasteiger partial charge in [0.15, 0.2) is 9.84 Å². The topological polar surface area (TPSA) is 91.8 Å². The van der Waals surface area contributed by atoms with E-state index in [0.717, 1.165) is 11.6 Å². The van der Waals surface area contributed by atoms with Gasteiger partial charge < -0.3 is 10.0 Å².